The smallest absolute Gasteiger partial charge is 0.124 e. The van der Waals surface area contributed by atoms with Gasteiger partial charge < -0.3 is 9.72 Å². The first-order valence-electron chi connectivity index (χ1n) is 12.4. The summed E-state index contributed by atoms with van der Waals surface area (Å²) in [6, 6.07) is 17.0. The fourth-order valence-corrected chi connectivity index (χ4v) is 5.34. The Hall–Kier alpha value is -2.63. The van der Waals surface area contributed by atoms with Crippen molar-refractivity contribution in [1.82, 2.24) is 14.8 Å². The number of alkyl halides is 1. The summed E-state index contributed by atoms with van der Waals surface area (Å²) in [5.41, 5.74) is 3.65. The fourth-order valence-electron chi connectivity index (χ4n) is 5.34. The van der Waals surface area contributed by atoms with Gasteiger partial charge in [-0.2, -0.15) is 0 Å². The number of para-hydroxylation sites is 1. The number of likely N-dealkylation sites (tertiary alicyclic amines) is 1. The minimum atomic E-state index is -1.25. The molecule has 1 atom stereocenters. The third-order valence-electron chi connectivity index (χ3n) is 6.68. The van der Waals surface area contributed by atoms with E-state index < -0.39 is 5.67 Å². The summed E-state index contributed by atoms with van der Waals surface area (Å²) in [5, 5.41) is 1.29. The predicted octanol–water partition coefficient (Wildman–Crippen LogP) is 6.38. The van der Waals surface area contributed by atoms with Gasteiger partial charge >= 0.3 is 0 Å². The molecule has 0 spiro atoms. The molecule has 5 rings (SSSR count). The number of aromatic nitrogens is 1. The Bertz CT molecular complexity index is 1090. The van der Waals surface area contributed by atoms with Crippen LogP contribution in [-0.2, 0) is 6.42 Å². The molecule has 4 nitrogen and oxygen atoms in total. The van der Waals surface area contributed by atoms with Crippen LogP contribution in [0.25, 0.3) is 10.9 Å². The molecule has 1 fully saturated rings. The summed E-state index contributed by atoms with van der Waals surface area (Å²) in [6.45, 7) is 16.0. The number of hydrogen-bond acceptors (Lipinski definition) is 3. The molecule has 3 aromatic rings. The Kier molecular flexibility index (Phi) is 7.44. The van der Waals surface area contributed by atoms with Gasteiger partial charge in [0.2, 0.25) is 0 Å². The van der Waals surface area contributed by atoms with Gasteiger partial charge in [-0.1, -0.05) is 37.3 Å². The minimum absolute atomic E-state index is 0. The van der Waals surface area contributed by atoms with Crippen molar-refractivity contribution in [2.45, 2.75) is 51.4 Å². The average molecular weight is 466 g/mol. The van der Waals surface area contributed by atoms with E-state index in [1.165, 1.54) is 28.6 Å². The van der Waals surface area contributed by atoms with Crippen LogP contribution in [0.5, 0.6) is 5.75 Å². The molecule has 0 radical (unpaired) electrons. The lowest BCUT2D eigenvalue weighted by molar-refractivity contribution is 0.0202. The Morgan fingerprint density at radius 1 is 1.12 bits per heavy atom. The maximum atomic E-state index is 14.7. The number of nitrogens with one attached hydrogen (secondary N) is 1. The van der Waals surface area contributed by atoms with Crippen LogP contribution in [0.3, 0.4) is 0 Å². The molecule has 2 aliphatic heterocycles. The molecule has 0 unspecified atom stereocenters. The zero-order chi connectivity index (χ0) is 24.3. The Morgan fingerprint density at radius 2 is 1.82 bits per heavy atom. The van der Waals surface area contributed by atoms with E-state index in [1.54, 1.807) is 13.8 Å². The molecule has 5 heteroatoms. The van der Waals surface area contributed by atoms with Crippen molar-refractivity contribution >= 4 is 10.9 Å². The third-order valence-corrected chi connectivity index (χ3v) is 6.68. The number of aromatic amines is 1. The normalized spacial score (nSPS) is 19.2. The quantitative estimate of drug-likeness (QED) is 0.411. The van der Waals surface area contributed by atoms with Crippen molar-refractivity contribution in [2.24, 2.45) is 0 Å². The van der Waals surface area contributed by atoms with E-state index in [-0.39, 0.29) is 13.6 Å². The van der Waals surface area contributed by atoms with Crippen LogP contribution in [0.1, 0.15) is 51.5 Å². The van der Waals surface area contributed by atoms with Crippen molar-refractivity contribution in [1.29, 1.82) is 0 Å². The molecule has 0 amide bonds. The number of benzene rings is 2. The zero-order valence-electron chi connectivity index (χ0n) is 20.8. The molecular weight excluding hydrogens is 425 g/mol. The molecule has 0 aliphatic carbocycles. The monoisotopic (exact) mass is 465 g/mol. The summed E-state index contributed by atoms with van der Waals surface area (Å²) in [4.78, 5) is 8.37. The number of rotatable bonds is 7. The van der Waals surface area contributed by atoms with E-state index in [1.807, 2.05) is 0 Å². The van der Waals surface area contributed by atoms with E-state index in [0.29, 0.717) is 6.54 Å². The second-order valence-electron chi connectivity index (χ2n) is 9.97. The van der Waals surface area contributed by atoms with Crippen LogP contribution >= 0.6 is 0 Å². The SMILES string of the molecule is C=C.CCCN1CC(Oc2ccc([C@@H]3c4[nH]c5ccccc5c4CCN3CC(C)(C)F)cc2)C1.[HH]. The topological polar surface area (TPSA) is 31.5 Å². The van der Waals surface area contributed by atoms with Crippen LogP contribution in [-0.4, -0.2) is 59.3 Å². The largest absolute Gasteiger partial charge is 0.488 e. The first-order valence-corrected chi connectivity index (χ1v) is 12.4. The van der Waals surface area contributed by atoms with Crippen molar-refractivity contribution in [3.63, 3.8) is 0 Å². The number of nitrogens with zero attached hydrogens (tertiary/aromatic N) is 2. The number of H-pyrrole nitrogens is 1. The van der Waals surface area contributed by atoms with Crippen LogP contribution in [0.4, 0.5) is 4.39 Å². The summed E-state index contributed by atoms with van der Waals surface area (Å²) in [5.74, 6) is 0.917. The van der Waals surface area contributed by atoms with Gasteiger partial charge in [0.05, 0.1) is 6.04 Å². The highest BCUT2D eigenvalue weighted by Crippen LogP contribution is 2.39. The number of halogens is 1. The second kappa shape index (κ2) is 10.3. The summed E-state index contributed by atoms with van der Waals surface area (Å²) in [7, 11) is 0. The minimum Gasteiger partial charge on any atom is -0.488 e. The van der Waals surface area contributed by atoms with Crippen LogP contribution < -0.4 is 4.74 Å². The number of ether oxygens (including phenoxy) is 1. The Morgan fingerprint density at radius 3 is 2.50 bits per heavy atom. The van der Waals surface area contributed by atoms with Gasteiger partial charge in [-0.3, -0.25) is 9.80 Å². The first-order chi connectivity index (χ1) is 16.4. The summed E-state index contributed by atoms with van der Waals surface area (Å²) in [6.07, 6.45) is 2.40. The van der Waals surface area contributed by atoms with Gasteiger partial charge in [0.15, 0.2) is 0 Å². The highest BCUT2D eigenvalue weighted by Gasteiger charge is 2.35. The van der Waals surface area contributed by atoms with Gasteiger partial charge in [-0.25, -0.2) is 4.39 Å². The molecule has 1 N–H and O–H groups in total. The summed E-state index contributed by atoms with van der Waals surface area (Å²) < 4.78 is 20.9. The summed E-state index contributed by atoms with van der Waals surface area (Å²) >= 11 is 0. The van der Waals surface area contributed by atoms with E-state index in [2.05, 4.69) is 83.4 Å². The van der Waals surface area contributed by atoms with E-state index in [9.17, 15) is 4.39 Å². The maximum absolute atomic E-state index is 14.7. The second-order valence-corrected chi connectivity index (χ2v) is 9.97. The van der Waals surface area contributed by atoms with Crippen LogP contribution in [0.15, 0.2) is 61.7 Å². The van der Waals surface area contributed by atoms with Crippen LogP contribution in [0, 0.1) is 0 Å². The Labute approximate surface area is 204 Å². The lowest BCUT2D eigenvalue weighted by Gasteiger charge is -2.39. The first kappa shape index (κ1) is 24.5. The van der Waals surface area contributed by atoms with Gasteiger partial charge in [-0.15, -0.1) is 13.2 Å². The number of hydrogen-bond donors (Lipinski definition) is 1. The zero-order valence-corrected chi connectivity index (χ0v) is 20.8. The predicted molar refractivity (Wildman–Crippen MR) is 142 cm³/mol. The molecule has 2 aromatic carbocycles. The van der Waals surface area contributed by atoms with Crippen molar-refractivity contribution in [3.05, 3.63) is 78.5 Å². The maximum Gasteiger partial charge on any atom is 0.124 e. The van der Waals surface area contributed by atoms with E-state index in [0.717, 1.165) is 43.9 Å². The molecule has 1 aromatic heterocycles. The standard InChI is InChI=1S/C27H34FN3O.C2H4.H2/c1-4-14-30-16-21(17-30)32-20-11-9-19(10-12-20)26-25-23(13-15-31(26)18-27(2,3)28)22-7-5-6-8-24(22)29-25;1-2;/h5-12,21,26,29H,4,13-18H2,1-3H3;1-2H2;1H/t26-;;/m1../s1. The Balaban J connectivity index is 0.00000111. The van der Waals surface area contributed by atoms with Crippen LogP contribution in [0.2, 0.25) is 0 Å². The van der Waals surface area contributed by atoms with Crippen molar-refractivity contribution in [3.8, 4) is 5.75 Å². The molecule has 0 bridgehead atoms. The van der Waals surface area contributed by atoms with Gasteiger partial charge in [0.25, 0.3) is 0 Å². The molecule has 2 aliphatic rings. The third kappa shape index (κ3) is 5.21. The molecule has 3 heterocycles. The highest BCUT2D eigenvalue weighted by atomic mass is 19.1. The molecule has 34 heavy (non-hydrogen) atoms. The van der Waals surface area contributed by atoms with Gasteiger partial charge in [-0.05, 0) is 62.6 Å². The van der Waals surface area contributed by atoms with Gasteiger partial charge in [0.1, 0.15) is 17.5 Å². The van der Waals surface area contributed by atoms with Gasteiger partial charge in [0, 0.05) is 44.2 Å². The van der Waals surface area contributed by atoms with E-state index in [4.69, 9.17) is 4.74 Å². The lowest BCUT2D eigenvalue weighted by Crippen LogP contribution is -2.53. The number of fused-ring (bicyclic) bond motifs is 3. The average Bonchev–Trinajstić information content (AvgIpc) is 3.17. The fraction of sp³-hybridized carbons (Fsp3) is 0.448. The molecule has 1 saturated heterocycles. The molecular formula is C29H40FN3O. The molecule has 184 valence electrons. The van der Waals surface area contributed by atoms with E-state index >= 15 is 0 Å². The molecule has 0 saturated carbocycles. The van der Waals surface area contributed by atoms with Crippen molar-refractivity contribution < 1.29 is 10.6 Å². The lowest BCUT2D eigenvalue weighted by atomic mass is 9.91. The van der Waals surface area contributed by atoms with Crippen molar-refractivity contribution in [2.75, 3.05) is 32.7 Å². The highest BCUT2D eigenvalue weighted by molar-refractivity contribution is 5.85.